The van der Waals surface area contributed by atoms with E-state index in [0.29, 0.717) is 0 Å². The summed E-state index contributed by atoms with van der Waals surface area (Å²) in [5, 5.41) is 10.9. The largest absolute Gasteiger partial charge is 0.378 e. The van der Waals surface area contributed by atoms with Crippen molar-refractivity contribution in [2.24, 2.45) is 10.2 Å². The van der Waals surface area contributed by atoms with Crippen LogP contribution in [0.3, 0.4) is 0 Å². The Balaban J connectivity index is 1.71. The number of rotatable bonds is 4. The first-order chi connectivity index (χ1) is 12.4. The second kappa shape index (κ2) is 7.67. The molecule has 0 aromatic heterocycles. The standard InChI is InChI=1S/C22H26N4/c1-22(2)16-18-9-5-6-10-20(18)21(24-22)25-23-15-7-8-17-11-13-19(14-12-17)26(3)4/h5-15H,16H2,1-4H3,(H,24,25)/p+1. The van der Waals surface area contributed by atoms with Crippen molar-refractivity contribution >= 4 is 23.8 Å². The van der Waals surface area contributed by atoms with Crippen LogP contribution in [0.25, 0.3) is 6.08 Å². The Hall–Kier alpha value is -2.72. The maximum absolute atomic E-state index is 4.46. The maximum atomic E-state index is 4.46. The van der Waals surface area contributed by atoms with Crippen molar-refractivity contribution in [3.8, 4) is 0 Å². The molecule has 0 spiro atoms. The fourth-order valence-electron chi connectivity index (χ4n) is 3.17. The molecule has 0 unspecified atom stereocenters. The number of amidine groups is 1. The quantitative estimate of drug-likeness (QED) is 0.670. The zero-order chi connectivity index (χ0) is 18.6. The molecule has 4 nitrogen and oxygen atoms in total. The molecule has 0 bridgehead atoms. The third-order valence-electron chi connectivity index (χ3n) is 4.48. The molecule has 1 heterocycles. The lowest BCUT2D eigenvalue weighted by Gasteiger charge is -2.29. The Morgan fingerprint density at radius 3 is 2.50 bits per heavy atom. The van der Waals surface area contributed by atoms with Crippen LogP contribution in [-0.4, -0.2) is 31.7 Å². The van der Waals surface area contributed by atoms with Crippen molar-refractivity contribution in [3.05, 3.63) is 71.3 Å². The average molecular weight is 347 g/mol. The van der Waals surface area contributed by atoms with Crippen molar-refractivity contribution < 1.29 is 5.32 Å². The van der Waals surface area contributed by atoms with Crippen molar-refractivity contribution in [3.63, 3.8) is 0 Å². The van der Waals surface area contributed by atoms with Crippen molar-refractivity contribution in [2.75, 3.05) is 19.0 Å². The number of benzene rings is 2. The van der Waals surface area contributed by atoms with Crippen LogP contribution < -0.4 is 10.2 Å². The van der Waals surface area contributed by atoms with E-state index >= 15 is 0 Å². The van der Waals surface area contributed by atoms with Crippen LogP contribution in [0.5, 0.6) is 0 Å². The summed E-state index contributed by atoms with van der Waals surface area (Å²) in [5.41, 5.74) is 4.96. The van der Waals surface area contributed by atoms with Crippen LogP contribution in [0.2, 0.25) is 0 Å². The number of nitrogens with two attached hydrogens (primary N) is 1. The van der Waals surface area contributed by atoms with Crippen molar-refractivity contribution in [1.29, 1.82) is 0 Å². The van der Waals surface area contributed by atoms with E-state index in [4.69, 9.17) is 0 Å². The molecule has 0 amide bonds. The summed E-state index contributed by atoms with van der Waals surface area (Å²) >= 11 is 0. The van der Waals surface area contributed by atoms with Gasteiger partial charge in [0.2, 0.25) is 0 Å². The van der Waals surface area contributed by atoms with E-state index in [1.165, 1.54) is 16.8 Å². The molecule has 0 saturated heterocycles. The summed E-state index contributed by atoms with van der Waals surface area (Å²) in [6.07, 6.45) is 6.74. The van der Waals surface area contributed by atoms with Gasteiger partial charge in [-0.2, -0.15) is 5.10 Å². The Morgan fingerprint density at radius 1 is 1.04 bits per heavy atom. The van der Waals surface area contributed by atoms with Crippen molar-refractivity contribution in [2.45, 2.75) is 25.8 Å². The molecule has 0 fully saturated rings. The maximum Gasteiger partial charge on any atom is 0.251 e. The Morgan fingerprint density at radius 2 is 1.77 bits per heavy atom. The molecule has 0 saturated carbocycles. The summed E-state index contributed by atoms with van der Waals surface area (Å²) in [5.74, 6) is 0.955. The number of quaternary nitrogens is 1. The van der Waals surface area contributed by atoms with Gasteiger partial charge in [-0.1, -0.05) is 41.5 Å². The van der Waals surface area contributed by atoms with Gasteiger partial charge in [-0.15, -0.1) is 0 Å². The van der Waals surface area contributed by atoms with Gasteiger partial charge in [-0.05, 0) is 49.2 Å². The Labute approximate surface area is 156 Å². The van der Waals surface area contributed by atoms with E-state index in [0.717, 1.165) is 17.8 Å². The molecule has 26 heavy (non-hydrogen) atoms. The van der Waals surface area contributed by atoms with Crippen LogP contribution in [0.15, 0.2) is 64.8 Å². The molecule has 2 aromatic rings. The monoisotopic (exact) mass is 347 g/mol. The van der Waals surface area contributed by atoms with E-state index in [2.05, 4.69) is 82.8 Å². The summed E-state index contributed by atoms with van der Waals surface area (Å²) in [6, 6.07) is 16.9. The lowest BCUT2D eigenvalue weighted by molar-refractivity contribution is -0.619. The minimum Gasteiger partial charge on any atom is -0.378 e. The summed E-state index contributed by atoms with van der Waals surface area (Å²) in [7, 11) is 4.08. The Bertz CT molecular complexity index is 843. The van der Waals surface area contributed by atoms with Gasteiger partial charge in [-0.3, -0.25) is 5.32 Å². The molecule has 0 atom stereocenters. The third-order valence-corrected chi connectivity index (χ3v) is 4.48. The highest BCUT2D eigenvalue weighted by Crippen LogP contribution is 2.18. The van der Waals surface area contributed by atoms with Gasteiger partial charge in [0.05, 0.1) is 5.56 Å². The zero-order valence-corrected chi connectivity index (χ0v) is 16.0. The summed E-state index contributed by atoms with van der Waals surface area (Å²) in [6.45, 7) is 4.47. The van der Waals surface area contributed by atoms with Gasteiger partial charge in [0.1, 0.15) is 5.54 Å². The van der Waals surface area contributed by atoms with Crippen LogP contribution in [-0.2, 0) is 6.42 Å². The fraction of sp³-hybridized carbons (Fsp3) is 0.273. The molecular weight excluding hydrogens is 320 g/mol. The third kappa shape index (κ3) is 4.46. The second-order valence-electron chi connectivity index (χ2n) is 7.56. The normalized spacial score (nSPS) is 17.8. The predicted octanol–water partition coefficient (Wildman–Crippen LogP) is 3.10. The van der Waals surface area contributed by atoms with Crippen LogP contribution >= 0.6 is 0 Å². The molecule has 1 aliphatic heterocycles. The van der Waals surface area contributed by atoms with Gasteiger partial charge < -0.3 is 4.90 Å². The number of allylic oxidation sites excluding steroid dienone is 1. The summed E-state index contributed by atoms with van der Waals surface area (Å²) in [4.78, 5) is 2.09. The molecular formula is C22H27N4+. The van der Waals surface area contributed by atoms with E-state index in [-0.39, 0.29) is 5.54 Å². The first-order valence-corrected chi connectivity index (χ1v) is 8.94. The van der Waals surface area contributed by atoms with E-state index in [9.17, 15) is 0 Å². The van der Waals surface area contributed by atoms with E-state index < -0.39 is 0 Å². The summed E-state index contributed by atoms with van der Waals surface area (Å²) < 4.78 is 0. The second-order valence-corrected chi connectivity index (χ2v) is 7.56. The SMILES string of the molecule is CN(C)c1ccc(C=CC=NN=C2[NH2+]C(C)(C)Cc3ccccc32)cc1. The minimum absolute atomic E-state index is 0.104. The zero-order valence-electron chi connectivity index (χ0n) is 16.0. The molecule has 2 aromatic carbocycles. The van der Waals surface area contributed by atoms with E-state index in [1.807, 2.05) is 26.2 Å². The smallest absolute Gasteiger partial charge is 0.251 e. The predicted molar refractivity (Wildman–Crippen MR) is 111 cm³/mol. The van der Waals surface area contributed by atoms with Gasteiger partial charge in [0.25, 0.3) is 5.84 Å². The van der Waals surface area contributed by atoms with E-state index in [1.54, 1.807) is 6.21 Å². The molecule has 134 valence electrons. The minimum atomic E-state index is 0.104. The van der Waals surface area contributed by atoms with Crippen LogP contribution in [0.4, 0.5) is 5.69 Å². The number of hydrogen-bond acceptors (Lipinski definition) is 3. The van der Waals surface area contributed by atoms with Crippen molar-refractivity contribution in [1.82, 2.24) is 0 Å². The van der Waals surface area contributed by atoms with Gasteiger partial charge in [0, 0.05) is 32.4 Å². The van der Waals surface area contributed by atoms with Gasteiger partial charge in [-0.25, -0.2) is 0 Å². The lowest BCUT2D eigenvalue weighted by atomic mass is 9.87. The highest BCUT2D eigenvalue weighted by molar-refractivity contribution is 5.94. The molecule has 3 rings (SSSR count). The highest BCUT2D eigenvalue weighted by atomic mass is 15.3. The lowest BCUT2D eigenvalue weighted by Crippen LogP contribution is -3.00. The first kappa shape index (κ1) is 18.1. The molecule has 1 aliphatic rings. The first-order valence-electron chi connectivity index (χ1n) is 8.94. The average Bonchev–Trinajstić information content (AvgIpc) is 2.60. The van der Waals surface area contributed by atoms with Crippen LogP contribution in [0.1, 0.15) is 30.5 Å². The number of nitrogens with zero attached hydrogens (tertiary/aromatic N) is 3. The van der Waals surface area contributed by atoms with Gasteiger partial charge >= 0.3 is 0 Å². The number of fused-ring (bicyclic) bond motifs is 1. The fourth-order valence-corrected chi connectivity index (χ4v) is 3.17. The molecule has 2 N–H and O–H groups in total. The molecule has 0 aliphatic carbocycles. The number of anilines is 1. The molecule has 0 radical (unpaired) electrons. The van der Waals surface area contributed by atoms with Gasteiger partial charge in [0.15, 0.2) is 0 Å². The topological polar surface area (TPSA) is 44.6 Å². The Kier molecular flexibility index (Phi) is 5.33. The van der Waals surface area contributed by atoms with Crippen LogP contribution in [0, 0.1) is 0 Å². The highest BCUT2D eigenvalue weighted by Gasteiger charge is 2.33. The number of hydrogen-bond donors (Lipinski definition) is 1. The molecule has 4 heteroatoms.